The largest absolute Gasteiger partial charge is 0.457 e. The molecule has 1 heterocycles. The van der Waals surface area contributed by atoms with E-state index in [2.05, 4.69) is 15.8 Å². The zero-order chi connectivity index (χ0) is 17.5. The van der Waals surface area contributed by atoms with E-state index >= 15 is 0 Å². The standard InChI is InChI=1S/C19H15N3O3/c23-18(21-22-19(24)17-8-4-5-13-20-17)14-9-11-16(12-10-14)25-15-6-2-1-3-7-15/h1-13H,(H,21,23)(H,22,24). The molecule has 0 saturated heterocycles. The highest BCUT2D eigenvalue weighted by Crippen LogP contribution is 2.20. The highest BCUT2D eigenvalue weighted by molar-refractivity contribution is 5.98. The van der Waals surface area contributed by atoms with Crippen molar-refractivity contribution >= 4 is 11.8 Å². The lowest BCUT2D eigenvalue weighted by molar-refractivity contribution is 0.0844. The van der Waals surface area contributed by atoms with Crippen LogP contribution in [0.3, 0.4) is 0 Å². The summed E-state index contributed by atoms with van der Waals surface area (Å²) in [6.07, 6.45) is 1.50. The number of amides is 2. The van der Waals surface area contributed by atoms with Gasteiger partial charge in [-0.05, 0) is 48.5 Å². The number of carbonyl (C=O) groups is 2. The Hall–Kier alpha value is -3.67. The van der Waals surface area contributed by atoms with Gasteiger partial charge in [-0.25, -0.2) is 0 Å². The predicted octanol–water partition coefficient (Wildman–Crippen LogP) is 2.95. The summed E-state index contributed by atoms with van der Waals surface area (Å²) in [5.41, 5.74) is 5.27. The Bertz CT molecular complexity index is 850. The van der Waals surface area contributed by atoms with Gasteiger partial charge in [0, 0.05) is 11.8 Å². The van der Waals surface area contributed by atoms with Crippen molar-refractivity contribution in [2.45, 2.75) is 0 Å². The van der Waals surface area contributed by atoms with Crippen molar-refractivity contribution in [3.05, 3.63) is 90.3 Å². The minimum atomic E-state index is -0.488. The number of benzene rings is 2. The SMILES string of the molecule is O=C(NNC(=O)c1ccccn1)c1ccc(Oc2ccccc2)cc1. The fourth-order valence-electron chi connectivity index (χ4n) is 2.05. The molecule has 1 aromatic heterocycles. The summed E-state index contributed by atoms with van der Waals surface area (Å²) >= 11 is 0. The van der Waals surface area contributed by atoms with Crippen molar-refractivity contribution in [3.8, 4) is 11.5 Å². The van der Waals surface area contributed by atoms with Gasteiger partial charge in [-0.15, -0.1) is 0 Å². The Morgan fingerprint density at radius 3 is 2.04 bits per heavy atom. The first-order chi connectivity index (χ1) is 12.2. The third kappa shape index (κ3) is 4.42. The fraction of sp³-hybridized carbons (Fsp3) is 0. The topological polar surface area (TPSA) is 80.3 Å². The van der Waals surface area contributed by atoms with E-state index in [0.717, 1.165) is 0 Å². The quantitative estimate of drug-likeness (QED) is 0.719. The van der Waals surface area contributed by atoms with Gasteiger partial charge in [-0.1, -0.05) is 24.3 Å². The summed E-state index contributed by atoms with van der Waals surface area (Å²) < 4.78 is 5.66. The molecule has 0 aliphatic carbocycles. The van der Waals surface area contributed by atoms with E-state index in [9.17, 15) is 9.59 Å². The number of carbonyl (C=O) groups excluding carboxylic acids is 2. The fourth-order valence-corrected chi connectivity index (χ4v) is 2.05. The van der Waals surface area contributed by atoms with Crippen LogP contribution in [0.2, 0.25) is 0 Å². The molecule has 0 aliphatic heterocycles. The minimum absolute atomic E-state index is 0.217. The zero-order valence-electron chi connectivity index (χ0n) is 13.2. The number of hydrogen-bond donors (Lipinski definition) is 2. The molecular formula is C19H15N3O3. The summed E-state index contributed by atoms with van der Waals surface area (Å²) in [4.78, 5) is 27.8. The maximum atomic E-state index is 12.1. The molecule has 0 radical (unpaired) electrons. The first kappa shape index (κ1) is 16.2. The van der Waals surface area contributed by atoms with Crippen LogP contribution in [0.4, 0.5) is 0 Å². The summed E-state index contributed by atoms with van der Waals surface area (Å²) in [6.45, 7) is 0. The maximum absolute atomic E-state index is 12.1. The third-order valence-electron chi connectivity index (χ3n) is 3.28. The van der Waals surface area contributed by atoms with Crippen molar-refractivity contribution in [2.75, 3.05) is 0 Å². The highest BCUT2D eigenvalue weighted by atomic mass is 16.5. The molecule has 0 aliphatic rings. The molecule has 0 atom stereocenters. The van der Waals surface area contributed by atoms with Crippen LogP contribution < -0.4 is 15.6 Å². The monoisotopic (exact) mass is 333 g/mol. The Morgan fingerprint density at radius 2 is 1.36 bits per heavy atom. The minimum Gasteiger partial charge on any atom is -0.457 e. The zero-order valence-corrected chi connectivity index (χ0v) is 13.2. The highest BCUT2D eigenvalue weighted by Gasteiger charge is 2.09. The Morgan fingerprint density at radius 1 is 0.720 bits per heavy atom. The van der Waals surface area contributed by atoms with Crippen LogP contribution in [0.1, 0.15) is 20.8 Å². The number of hydrazine groups is 1. The average Bonchev–Trinajstić information content (AvgIpc) is 2.68. The van der Waals surface area contributed by atoms with Gasteiger partial charge in [0.15, 0.2) is 0 Å². The van der Waals surface area contributed by atoms with Crippen LogP contribution in [0.5, 0.6) is 11.5 Å². The van der Waals surface area contributed by atoms with Crippen LogP contribution in [0.15, 0.2) is 79.0 Å². The van der Waals surface area contributed by atoms with Gasteiger partial charge in [0.05, 0.1) is 0 Å². The van der Waals surface area contributed by atoms with Crippen molar-refractivity contribution in [1.29, 1.82) is 0 Å². The summed E-state index contributed by atoms with van der Waals surface area (Å²) in [6, 6.07) is 20.9. The molecule has 25 heavy (non-hydrogen) atoms. The number of rotatable bonds is 4. The molecule has 2 aromatic carbocycles. The second-order valence-electron chi connectivity index (χ2n) is 5.06. The van der Waals surface area contributed by atoms with E-state index < -0.39 is 11.8 Å². The van der Waals surface area contributed by atoms with Gasteiger partial charge in [0.1, 0.15) is 17.2 Å². The predicted molar refractivity (Wildman–Crippen MR) is 92.1 cm³/mol. The average molecular weight is 333 g/mol. The Balaban J connectivity index is 1.56. The van der Waals surface area contributed by atoms with Gasteiger partial charge in [-0.3, -0.25) is 25.4 Å². The Kier molecular flexibility index (Phi) is 5.01. The molecule has 0 bridgehead atoms. The van der Waals surface area contributed by atoms with Gasteiger partial charge >= 0.3 is 0 Å². The number of para-hydroxylation sites is 1. The molecule has 2 N–H and O–H groups in total. The molecule has 0 spiro atoms. The van der Waals surface area contributed by atoms with Gasteiger partial charge in [0.25, 0.3) is 11.8 Å². The second kappa shape index (κ2) is 7.74. The normalized spacial score (nSPS) is 9.92. The van der Waals surface area contributed by atoms with Crippen LogP contribution in [0, 0.1) is 0 Å². The van der Waals surface area contributed by atoms with E-state index in [1.54, 1.807) is 42.5 Å². The van der Waals surface area contributed by atoms with Crippen LogP contribution in [-0.2, 0) is 0 Å². The molecule has 0 unspecified atom stereocenters. The molecule has 0 saturated carbocycles. The number of pyridine rings is 1. The molecule has 0 fully saturated rings. The number of ether oxygens (including phenoxy) is 1. The number of nitrogens with one attached hydrogen (secondary N) is 2. The summed E-state index contributed by atoms with van der Waals surface area (Å²) in [5.74, 6) is 0.399. The van der Waals surface area contributed by atoms with Gasteiger partial charge in [0.2, 0.25) is 0 Å². The van der Waals surface area contributed by atoms with E-state index in [-0.39, 0.29) is 5.69 Å². The molecule has 124 valence electrons. The summed E-state index contributed by atoms with van der Waals surface area (Å²) in [5, 5.41) is 0. The van der Waals surface area contributed by atoms with E-state index in [1.807, 2.05) is 30.3 Å². The van der Waals surface area contributed by atoms with Crippen molar-refractivity contribution in [2.24, 2.45) is 0 Å². The number of hydrogen-bond acceptors (Lipinski definition) is 4. The van der Waals surface area contributed by atoms with Crippen LogP contribution in [-0.4, -0.2) is 16.8 Å². The number of aromatic nitrogens is 1. The lowest BCUT2D eigenvalue weighted by atomic mass is 10.2. The number of nitrogens with zero attached hydrogens (tertiary/aromatic N) is 1. The van der Waals surface area contributed by atoms with Gasteiger partial charge < -0.3 is 4.74 Å². The first-order valence-corrected chi connectivity index (χ1v) is 7.57. The van der Waals surface area contributed by atoms with Crippen molar-refractivity contribution in [1.82, 2.24) is 15.8 Å². The smallest absolute Gasteiger partial charge is 0.288 e. The molecule has 6 heteroatoms. The first-order valence-electron chi connectivity index (χ1n) is 7.57. The van der Waals surface area contributed by atoms with Crippen molar-refractivity contribution < 1.29 is 14.3 Å². The van der Waals surface area contributed by atoms with Crippen LogP contribution in [0.25, 0.3) is 0 Å². The maximum Gasteiger partial charge on any atom is 0.288 e. The molecule has 3 aromatic rings. The lowest BCUT2D eigenvalue weighted by Crippen LogP contribution is -2.41. The van der Waals surface area contributed by atoms with E-state index in [0.29, 0.717) is 17.1 Å². The van der Waals surface area contributed by atoms with Crippen molar-refractivity contribution in [3.63, 3.8) is 0 Å². The third-order valence-corrected chi connectivity index (χ3v) is 3.28. The van der Waals surface area contributed by atoms with E-state index in [1.165, 1.54) is 6.20 Å². The molecule has 2 amide bonds. The molecular weight excluding hydrogens is 318 g/mol. The molecule has 6 nitrogen and oxygen atoms in total. The molecule has 3 rings (SSSR count). The lowest BCUT2D eigenvalue weighted by Gasteiger charge is -2.08. The van der Waals surface area contributed by atoms with Gasteiger partial charge in [-0.2, -0.15) is 0 Å². The Labute approximate surface area is 144 Å². The second-order valence-corrected chi connectivity index (χ2v) is 5.06. The summed E-state index contributed by atoms with van der Waals surface area (Å²) in [7, 11) is 0. The van der Waals surface area contributed by atoms with Crippen LogP contribution >= 0.6 is 0 Å². The van der Waals surface area contributed by atoms with E-state index in [4.69, 9.17) is 4.74 Å².